The van der Waals surface area contributed by atoms with E-state index in [-0.39, 0.29) is 5.56 Å². The number of imidazole rings is 1. The van der Waals surface area contributed by atoms with Crippen LogP contribution in [0.2, 0.25) is 0 Å². The van der Waals surface area contributed by atoms with Crippen LogP contribution in [0.4, 0.5) is 5.95 Å². The smallest absolute Gasteiger partial charge is 0.280 e. The second-order valence-corrected chi connectivity index (χ2v) is 7.08. The molecular formula is C17H21N7OS. The molecule has 4 rings (SSSR count). The average molecular weight is 371 g/mol. The molecule has 1 aliphatic rings. The third kappa shape index (κ3) is 2.97. The maximum Gasteiger partial charge on any atom is 0.280 e. The molecule has 1 aliphatic heterocycles. The molecule has 0 amide bonds. The predicted molar refractivity (Wildman–Crippen MR) is 102 cm³/mol. The van der Waals surface area contributed by atoms with E-state index in [0.717, 1.165) is 37.2 Å². The number of anilines is 1. The SMILES string of the molecule is CCn1c(N2CCNCC2)nc2nc(Sc3ccccn3)n(C)c(=O)c21. The van der Waals surface area contributed by atoms with Gasteiger partial charge in [-0.15, -0.1) is 0 Å². The Morgan fingerprint density at radius 3 is 2.73 bits per heavy atom. The summed E-state index contributed by atoms with van der Waals surface area (Å²) >= 11 is 1.37. The van der Waals surface area contributed by atoms with Crippen molar-refractivity contribution in [2.45, 2.75) is 23.7 Å². The quantitative estimate of drug-likeness (QED) is 0.688. The molecule has 0 bridgehead atoms. The molecule has 0 saturated carbocycles. The maximum absolute atomic E-state index is 13.0. The van der Waals surface area contributed by atoms with E-state index < -0.39 is 0 Å². The number of rotatable bonds is 4. The van der Waals surface area contributed by atoms with E-state index in [1.54, 1.807) is 17.8 Å². The Morgan fingerprint density at radius 2 is 2.04 bits per heavy atom. The van der Waals surface area contributed by atoms with Crippen molar-refractivity contribution in [1.29, 1.82) is 0 Å². The Labute approximate surface area is 155 Å². The summed E-state index contributed by atoms with van der Waals surface area (Å²) in [4.78, 5) is 28.9. The number of aromatic nitrogens is 5. The van der Waals surface area contributed by atoms with Crippen molar-refractivity contribution in [2.24, 2.45) is 7.05 Å². The van der Waals surface area contributed by atoms with Gasteiger partial charge in [0, 0.05) is 46.0 Å². The number of fused-ring (bicyclic) bond motifs is 1. The molecular weight excluding hydrogens is 350 g/mol. The number of aryl methyl sites for hydroxylation is 1. The number of nitrogens with zero attached hydrogens (tertiary/aromatic N) is 6. The summed E-state index contributed by atoms with van der Waals surface area (Å²) in [5, 5.41) is 4.73. The Kier molecular flexibility index (Phi) is 4.64. The first-order valence-corrected chi connectivity index (χ1v) is 9.52. The summed E-state index contributed by atoms with van der Waals surface area (Å²) in [6, 6.07) is 5.68. The molecule has 1 N–H and O–H groups in total. The molecule has 8 nitrogen and oxygen atoms in total. The predicted octanol–water partition coefficient (Wildman–Crippen LogP) is 1.11. The van der Waals surface area contributed by atoms with E-state index in [0.29, 0.717) is 22.9 Å². The van der Waals surface area contributed by atoms with Crippen molar-refractivity contribution >= 4 is 28.9 Å². The molecule has 3 aromatic rings. The first kappa shape index (κ1) is 17.0. The van der Waals surface area contributed by atoms with Gasteiger partial charge in [-0.1, -0.05) is 6.07 Å². The normalized spacial score (nSPS) is 14.9. The van der Waals surface area contributed by atoms with Crippen LogP contribution in [-0.2, 0) is 13.6 Å². The molecule has 0 aliphatic carbocycles. The third-order valence-electron chi connectivity index (χ3n) is 4.47. The first-order chi connectivity index (χ1) is 12.7. The average Bonchev–Trinajstić information content (AvgIpc) is 3.06. The van der Waals surface area contributed by atoms with Gasteiger partial charge in [-0.2, -0.15) is 4.98 Å². The van der Waals surface area contributed by atoms with Gasteiger partial charge in [0.2, 0.25) is 5.95 Å². The summed E-state index contributed by atoms with van der Waals surface area (Å²) in [5.74, 6) is 0.827. The van der Waals surface area contributed by atoms with Crippen LogP contribution in [0, 0.1) is 0 Å². The van der Waals surface area contributed by atoms with Crippen LogP contribution in [0.1, 0.15) is 6.92 Å². The van der Waals surface area contributed by atoms with Gasteiger partial charge in [-0.25, -0.2) is 9.97 Å². The van der Waals surface area contributed by atoms with Crippen molar-refractivity contribution in [1.82, 2.24) is 29.4 Å². The molecule has 0 radical (unpaired) electrons. The van der Waals surface area contributed by atoms with E-state index in [1.807, 2.05) is 29.7 Å². The fourth-order valence-electron chi connectivity index (χ4n) is 3.13. The molecule has 4 heterocycles. The van der Waals surface area contributed by atoms with E-state index in [4.69, 9.17) is 4.98 Å². The molecule has 1 saturated heterocycles. The monoisotopic (exact) mass is 371 g/mol. The zero-order valence-electron chi connectivity index (χ0n) is 14.8. The third-order valence-corrected chi connectivity index (χ3v) is 5.47. The summed E-state index contributed by atoms with van der Waals surface area (Å²) < 4.78 is 3.56. The number of piperazine rings is 1. The van der Waals surface area contributed by atoms with Gasteiger partial charge in [0.15, 0.2) is 16.3 Å². The van der Waals surface area contributed by atoms with Gasteiger partial charge in [0.25, 0.3) is 5.56 Å². The van der Waals surface area contributed by atoms with Crippen LogP contribution in [0.3, 0.4) is 0 Å². The Hall–Kier alpha value is -2.39. The second-order valence-electron chi connectivity index (χ2n) is 6.09. The fraction of sp³-hybridized carbons (Fsp3) is 0.412. The van der Waals surface area contributed by atoms with Gasteiger partial charge >= 0.3 is 0 Å². The molecule has 0 aromatic carbocycles. The van der Waals surface area contributed by atoms with Crippen molar-refractivity contribution < 1.29 is 0 Å². The highest BCUT2D eigenvalue weighted by Crippen LogP contribution is 2.26. The lowest BCUT2D eigenvalue weighted by Gasteiger charge is -2.28. The van der Waals surface area contributed by atoms with Crippen LogP contribution in [0.15, 0.2) is 39.4 Å². The summed E-state index contributed by atoms with van der Waals surface area (Å²) in [6.07, 6.45) is 1.73. The van der Waals surface area contributed by atoms with Gasteiger partial charge in [-0.05, 0) is 30.8 Å². The standard InChI is InChI=1S/C17H21N7OS/c1-3-24-13-14(20-16(24)23-10-8-18-9-11-23)21-17(22(2)15(13)25)26-12-6-4-5-7-19-12/h4-7,18H,3,8-11H2,1-2H3. The minimum Gasteiger partial charge on any atom is -0.340 e. The topological polar surface area (TPSA) is 80.9 Å². The molecule has 0 atom stereocenters. The van der Waals surface area contributed by atoms with Crippen LogP contribution < -0.4 is 15.8 Å². The maximum atomic E-state index is 13.0. The highest BCUT2D eigenvalue weighted by molar-refractivity contribution is 7.99. The largest absolute Gasteiger partial charge is 0.340 e. The minimum atomic E-state index is -0.0795. The lowest BCUT2D eigenvalue weighted by Crippen LogP contribution is -2.44. The van der Waals surface area contributed by atoms with Crippen molar-refractivity contribution in [3.63, 3.8) is 0 Å². The Balaban J connectivity index is 1.82. The molecule has 136 valence electrons. The van der Waals surface area contributed by atoms with Gasteiger partial charge < -0.3 is 14.8 Å². The lowest BCUT2D eigenvalue weighted by atomic mass is 10.4. The molecule has 0 spiro atoms. The van der Waals surface area contributed by atoms with Crippen LogP contribution in [-0.4, -0.2) is 50.3 Å². The molecule has 0 unspecified atom stereocenters. The van der Waals surface area contributed by atoms with E-state index in [9.17, 15) is 4.79 Å². The summed E-state index contributed by atoms with van der Waals surface area (Å²) in [5.41, 5.74) is 0.986. The molecule has 26 heavy (non-hydrogen) atoms. The summed E-state index contributed by atoms with van der Waals surface area (Å²) in [6.45, 7) is 6.29. The zero-order valence-corrected chi connectivity index (χ0v) is 15.7. The highest BCUT2D eigenvalue weighted by Gasteiger charge is 2.22. The van der Waals surface area contributed by atoms with Crippen molar-refractivity contribution in [3.05, 3.63) is 34.7 Å². The van der Waals surface area contributed by atoms with Crippen LogP contribution in [0.5, 0.6) is 0 Å². The molecule has 3 aromatic heterocycles. The molecule has 9 heteroatoms. The van der Waals surface area contributed by atoms with Crippen LogP contribution >= 0.6 is 11.8 Å². The Morgan fingerprint density at radius 1 is 1.23 bits per heavy atom. The number of hydrogen-bond donors (Lipinski definition) is 1. The van der Waals surface area contributed by atoms with Crippen molar-refractivity contribution in [3.8, 4) is 0 Å². The van der Waals surface area contributed by atoms with Gasteiger partial charge in [-0.3, -0.25) is 9.36 Å². The number of pyridine rings is 1. The van der Waals surface area contributed by atoms with Gasteiger partial charge in [0.1, 0.15) is 5.03 Å². The van der Waals surface area contributed by atoms with E-state index in [1.165, 1.54) is 11.8 Å². The zero-order chi connectivity index (χ0) is 18.1. The summed E-state index contributed by atoms with van der Waals surface area (Å²) in [7, 11) is 1.75. The Bertz CT molecular complexity index is 976. The minimum absolute atomic E-state index is 0.0795. The van der Waals surface area contributed by atoms with E-state index in [2.05, 4.69) is 20.2 Å². The van der Waals surface area contributed by atoms with Gasteiger partial charge in [0.05, 0.1) is 0 Å². The second kappa shape index (κ2) is 7.08. The highest BCUT2D eigenvalue weighted by atomic mass is 32.2. The van der Waals surface area contributed by atoms with Crippen molar-refractivity contribution in [2.75, 3.05) is 31.1 Å². The number of nitrogens with one attached hydrogen (secondary N) is 1. The molecule has 1 fully saturated rings. The number of hydrogen-bond acceptors (Lipinski definition) is 7. The van der Waals surface area contributed by atoms with Crippen LogP contribution in [0.25, 0.3) is 11.2 Å². The lowest BCUT2D eigenvalue weighted by molar-refractivity contribution is 0.569. The first-order valence-electron chi connectivity index (χ1n) is 8.71. The fourth-order valence-corrected chi connectivity index (χ4v) is 3.93. The van der Waals surface area contributed by atoms with E-state index >= 15 is 0 Å².